The van der Waals surface area contributed by atoms with Crippen molar-refractivity contribution in [3.63, 3.8) is 0 Å². The average molecular weight is 482 g/mol. The number of hydrogen-bond acceptors (Lipinski definition) is 6. The molecule has 0 bridgehead atoms. The van der Waals surface area contributed by atoms with Crippen LogP contribution in [0.4, 0.5) is 13.2 Å². The van der Waals surface area contributed by atoms with Crippen molar-refractivity contribution in [2.45, 2.75) is 82.6 Å². The molecule has 0 spiro atoms. The van der Waals surface area contributed by atoms with Crippen molar-refractivity contribution in [2.24, 2.45) is 0 Å². The number of nitrogens with one attached hydrogen (secondary N) is 2. The minimum Gasteiger partial charge on any atom is -0.388 e. The fourth-order valence-corrected chi connectivity index (χ4v) is 5.60. The van der Waals surface area contributed by atoms with Gasteiger partial charge in [-0.15, -0.1) is 0 Å². The number of halogens is 3. The molecule has 1 aliphatic heterocycles. The molecule has 32 heavy (non-hydrogen) atoms. The molecule has 0 aliphatic carbocycles. The zero-order valence-electron chi connectivity index (χ0n) is 18.9. The van der Waals surface area contributed by atoms with Crippen LogP contribution in [-0.2, 0) is 19.6 Å². The maximum Gasteiger partial charge on any atom is 0.471 e. The smallest absolute Gasteiger partial charge is 0.388 e. The molecule has 1 fully saturated rings. The lowest BCUT2D eigenvalue weighted by atomic mass is 10.0. The van der Waals surface area contributed by atoms with E-state index in [4.69, 9.17) is 9.47 Å². The number of H-pyrrole nitrogens is 1. The van der Waals surface area contributed by atoms with Crippen molar-refractivity contribution in [1.29, 1.82) is 0 Å². The first-order valence-electron chi connectivity index (χ1n) is 10.2. The van der Waals surface area contributed by atoms with Gasteiger partial charge in [0.1, 0.15) is 17.6 Å². The van der Waals surface area contributed by atoms with E-state index < -0.39 is 67.9 Å². The standard InChI is InChI=1S/C19H30F3N3O6Si/c1-10-9-25(16(29)24-14(10)27)18(32(5)6)7-12(30-17(2,3)4)13(31-18)11(26)8-23-15(28)19(20,21)22/h9,11-13,26,32H,7-8H2,1-6H3,(H,23,28)(H,24,27,29)/t11?,12-,13+,18-/m0/s1. The van der Waals surface area contributed by atoms with Crippen LogP contribution in [0.5, 0.6) is 0 Å². The van der Waals surface area contributed by atoms with Gasteiger partial charge < -0.3 is 19.9 Å². The summed E-state index contributed by atoms with van der Waals surface area (Å²) in [6.07, 6.45) is -7.04. The first-order chi connectivity index (χ1) is 14.5. The van der Waals surface area contributed by atoms with Gasteiger partial charge in [-0.25, -0.2) is 4.79 Å². The van der Waals surface area contributed by atoms with Crippen molar-refractivity contribution in [1.82, 2.24) is 14.9 Å². The van der Waals surface area contributed by atoms with Gasteiger partial charge in [-0.2, -0.15) is 13.2 Å². The quantitative estimate of drug-likeness (QED) is 0.510. The van der Waals surface area contributed by atoms with E-state index in [2.05, 4.69) is 4.98 Å². The summed E-state index contributed by atoms with van der Waals surface area (Å²) in [7, 11) is -1.94. The highest BCUT2D eigenvalue weighted by atomic mass is 28.3. The van der Waals surface area contributed by atoms with Crippen molar-refractivity contribution in [3.8, 4) is 0 Å². The lowest BCUT2D eigenvalue weighted by molar-refractivity contribution is -0.175. The summed E-state index contributed by atoms with van der Waals surface area (Å²) >= 11 is 0. The van der Waals surface area contributed by atoms with Gasteiger partial charge >= 0.3 is 17.8 Å². The summed E-state index contributed by atoms with van der Waals surface area (Å²) in [4.78, 5) is 37.9. The van der Waals surface area contributed by atoms with Gasteiger partial charge in [0.15, 0.2) is 0 Å². The predicted molar refractivity (Wildman–Crippen MR) is 112 cm³/mol. The second-order valence-electron chi connectivity index (χ2n) is 9.27. The molecular weight excluding hydrogens is 451 g/mol. The Morgan fingerprint density at radius 2 is 2.00 bits per heavy atom. The Bertz CT molecular complexity index is 955. The first kappa shape index (κ1) is 26.3. The Labute approximate surface area is 184 Å². The molecule has 1 unspecified atom stereocenters. The van der Waals surface area contributed by atoms with Gasteiger partial charge in [-0.3, -0.25) is 19.1 Å². The van der Waals surface area contributed by atoms with E-state index in [1.165, 1.54) is 17.7 Å². The average Bonchev–Trinajstić information content (AvgIpc) is 3.00. The summed E-state index contributed by atoms with van der Waals surface area (Å²) in [5.41, 5.74) is -1.66. The minimum atomic E-state index is -5.09. The SMILES string of the molecule is Cc1cn([C@@]2([SiH](C)C)C[C@H](OC(C)(C)C)[C@@H](C(O)CNC(=O)C(F)(F)F)O2)c(=O)[nH]c1=O. The van der Waals surface area contributed by atoms with Crippen molar-refractivity contribution < 1.29 is 32.5 Å². The van der Waals surface area contributed by atoms with Crippen LogP contribution in [0.25, 0.3) is 0 Å². The largest absolute Gasteiger partial charge is 0.471 e. The summed E-state index contributed by atoms with van der Waals surface area (Å²) < 4.78 is 51.1. The molecule has 2 rings (SSSR count). The van der Waals surface area contributed by atoms with Gasteiger partial charge in [0, 0.05) is 24.7 Å². The predicted octanol–water partition coefficient (Wildman–Crippen LogP) is 0.536. The molecule has 1 amide bonds. The third kappa shape index (κ3) is 5.69. The van der Waals surface area contributed by atoms with Crippen LogP contribution in [-0.4, -0.2) is 66.0 Å². The molecule has 1 aromatic rings. The molecule has 3 N–H and O–H groups in total. The Hall–Kier alpha value is -1.96. The van der Waals surface area contributed by atoms with Gasteiger partial charge in [0.25, 0.3) is 5.56 Å². The number of amides is 1. The zero-order chi connectivity index (χ0) is 24.6. The van der Waals surface area contributed by atoms with Crippen LogP contribution in [0.3, 0.4) is 0 Å². The summed E-state index contributed by atoms with van der Waals surface area (Å²) in [5, 5.41) is 11.1. The maximum absolute atomic E-state index is 12.6. The number of aromatic nitrogens is 2. The van der Waals surface area contributed by atoms with Crippen LogP contribution >= 0.6 is 0 Å². The monoisotopic (exact) mass is 481 g/mol. The molecule has 4 atom stereocenters. The van der Waals surface area contributed by atoms with E-state index in [0.29, 0.717) is 0 Å². The van der Waals surface area contributed by atoms with Crippen molar-refractivity contribution >= 4 is 14.7 Å². The fourth-order valence-electron chi connectivity index (χ4n) is 3.72. The first-order valence-corrected chi connectivity index (χ1v) is 13.1. The van der Waals surface area contributed by atoms with Crippen LogP contribution in [0.2, 0.25) is 13.1 Å². The topological polar surface area (TPSA) is 123 Å². The number of aryl methyl sites for hydroxylation is 1. The number of hydrogen-bond donors (Lipinski definition) is 3. The number of aromatic amines is 1. The van der Waals surface area contributed by atoms with E-state index in [0.717, 1.165) is 0 Å². The summed E-state index contributed by atoms with van der Waals surface area (Å²) in [6.45, 7) is 9.92. The van der Waals surface area contributed by atoms with Gasteiger partial charge in [0.05, 0.1) is 20.5 Å². The van der Waals surface area contributed by atoms with Crippen LogP contribution < -0.4 is 16.6 Å². The molecule has 182 valence electrons. The molecule has 0 aromatic carbocycles. The number of aliphatic hydroxyl groups excluding tert-OH is 1. The Morgan fingerprint density at radius 1 is 1.41 bits per heavy atom. The van der Waals surface area contributed by atoms with E-state index in [1.54, 1.807) is 26.1 Å². The molecule has 13 heteroatoms. The number of carbonyl (C=O) groups excluding carboxylic acids is 1. The Balaban J connectivity index is 2.45. The third-order valence-corrected chi connectivity index (χ3v) is 7.70. The number of nitrogens with zero attached hydrogens (tertiary/aromatic N) is 1. The van der Waals surface area contributed by atoms with E-state index >= 15 is 0 Å². The normalized spacial score (nSPS) is 25.2. The van der Waals surface area contributed by atoms with Crippen molar-refractivity contribution in [3.05, 3.63) is 32.6 Å². The molecule has 2 heterocycles. The Kier molecular flexibility index (Phi) is 7.49. The van der Waals surface area contributed by atoms with Gasteiger partial charge in [-0.1, -0.05) is 13.1 Å². The molecule has 1 saturated heterocycles. The summed E-state index contributed by atoms with van der Waals surface area (Å²) in [6, 6.07) is 0. The molecule has 0 saturated carbocycles. The van der Waals surface area contributed by atoms with Gasteiger partial charge in [-0.05, 0) is 27.7 Å². The third-order valence-electron chi connectivity index (χ3n) is 5.24. The number of rotatable bonds is 6. The van der Waals surface area contributed by atoms with E-state index in [9.17, 15) is 32.7 Å². The lowest BCUT2D eigenvalue weighted by Crippen LogP contribution is -2.53. The number of ether oxygens (including phenoxy) is 2. The second-order valence-corrected chi connectivity index (χ2v) is 12.5. The van der Waals surface area contributed by atoms with E-state index in [1.807, 2.05) is 13.1 Å². The molecule has 1 aliphatic rings. The van der Waals surface area contributed by atoms with E-state index in [-0.39, 0.29) is 12.0 Å². The number of carbonyl (C=O) groups is 1. The highest BCUT2D eigenvalue weighted by molar-refractivity contribution is 6.58. The number of aliphatic hydroxyl groups is 1. The second kappa shape index (κ2) is 9.12. The van der Waals surface area contributed by atoms with Gasteiger partial charge in [0.2, 0.25) is 0 Å². The van der Waals surface area contributed by atoms with Crippen LogP contribution in [0, 0.1) is 6.92 Å². The molecule has 0 radical (unpaired) electrons. The molecule has 1 aromatic heterocycles. The Morgan fingerprint density at radius 3 is 2.50 bits per heavy atom. The van der Waals surface area contributed by atoms with Crippen LogP contribution in [0.15, 0.2) is 15.8 Å². The van der Waals surface area contributed by atoms with Crippen LogP contribution in [0.1, 0.15) is 32.8 Å². The zero-order valence-corrected chi connectivity index (χ0v) is 20.0. The summed E-state index contributed by atoms with van der Waals surface area (Å²) in [5.74, 6) is -2.18. The highest BCUT2D eigenvalue weighted by Crippen LogP contribution is 2.40. The maximum atomic E-state index is 12.6. The molecule has 9 nitrogen and oxygen atoms in total. The lowest BCUT2D eigenvalue weighted by Gasteiger charge is -2.35. The van der Waals surface area contributed by atoms with Crippen molar-refractivity contribution in [2.75, 3.05) is 6.54 Å². The number of alkyl halides is 3. The highest BCUT2D eigenvalue weighted by Gasteiger charge is 2.54. The molecular formula is C19H30F3N3O6Si. The fraction of sp³-hybridized carbons (Fsp3) is 0.737. The minimum absolute atomic E-state index is 0.133.